The Labute approximate surface area is 137 Å². The number of pyridine rings is 1. The van der Waals surface area contributed by atoms with E-state index in [2.05, 4.69) is 20.4 Å². The van der Waals surface area contributed by atoms with Gasteiger partial charge < -0.3 is 5.32 Å². The van der Waals surface area contributed by atoms with Gasteiger partial charge in [-0.05, 0) is 36.4 Å². The van der Waals surface area contributed by atoms with Crippen molar-refractivity contribution in [3.05, 3.63) is 72.1 Å². The number of aromatic nitrogens is 4. The molecule has 0 radical (unpaired) electrons. The fraction of sp³-hybridized carbons (Fsp3) is 0. The number of hydrogen-bond donors (Lipinski definition) is 1. The van der Waals surface area contributed by atoms with Crippen LogP contribution in [0, 0.1) is 0 Å². The molecule has 5 nitrogen and oxygen atoms in total. The van der Waals surface area contributed by atoms with Gasteiger partial charge in [-0.3, -0.25) is 4.98 Å². The smallest absolute Gasteiger partial charge is 0.154 e. The predicted molar refractivity (Wildman–Crippen MR) is 91.0 cm³/mol. The number of halogens is 1. The lowest BCUT2D eigenvalue weighted by Crippen LogP contribution is -2.00. The molecule has 0 amide bonds. The topological polar surface area (TPSA) is 55.1 Å². The van der Waals surface area contributed by atoms with Crippen LogP contribution in [0.3, 0.4) is 0 Å². The third kappa shape index (κ3) is 2.62. The number of rotatable bonds is 3. The van der Waals surface area contributed by atoms with Gasteiger partial charge in [0.15, 0.2) is 11.5 Å². The molecule has 4 rings (SSSR count). The zero-order valence-electron chi connectivity index (χ0n) is 12.0. The Balaban J connectivity index is 1.77. The van der Waals surface area contributed by atoms with Gasteiger partial charge in [0.2, 0.25) is 0 Å². The molecule has 0 bridgehead atoms. The number of nitrogens with one attached hydrogen (secondary N) is 1. The highest BCUT2D eigenvalue weighted by Crippen LogP contribution is 2.25. The third-order valence-corrected chi connectivity index (χ3v) is 3.80. The van der Waals surface area contributed by atoms with Crippen LogP contribution in [0.5, 0.6) is 0 Å². The molecule has 23 heavy (non-hydrogen) atoms. The molecule has 0 fully saturated rings. The van der Waals surface area contributed by atoms with Crippen molar-refractivity contribution in [3.8, 4) is 11.3 Å². The van der Waals surface area contributed by atoms with Gasteiger partial charge in [-0.1, -0.05) is 23.7 Å². The molecule has 0 aliphatic carbocycles. The van der Waals surface area contributed by atoms with Crippen LogP contribution in [-0.2, 0) is 0 Å². The Hall–Kier alpha value is -2.92. The molecule has 0 atom stereocenters. The van der Waals surface area contributed by atoms with E-state index in [1.807, 2.05) is 48.5 Å². The summed E-state index contributed by atoms with van der Waals surface area (Å²) in [5.74, 6) is 0.693. The molecular formula is C17H12ClN5. The fourth-order valence-corrected chi connectivity index (χ4v) is 2.54. The zero-order valence-corrected chi connectivity index (χ0v) is 12.8. The molecule has 6 heteroatoms. The Morgan fingerprint density at radius 2 is 1.78 bits per heavy atom. The van der Waals surface area contributed by atoms with Gasteiger partial charge in [-0.2, -0.15) is 0 Å². The van der Waals surface area contributed by atoms with Crippen LogP contribution in [0.1, 0.15) is 0 Å². The first kappa shape index (κ1) is 13.7. The minimum absolute atomic E-state index is 0.648. The van der Waals surface area contributed by atoms with E-state index in [-0.39, 0.29) is 0 Å². The van der Waals surface area contributed by atoms with E-state index in [4.69, 9.17) is 11.6 Å². The molecule has 0 saturated carbocycles. The van der Waals surface area contributed by atoms with Crippen molar-refractivity contribution in [1.29, 1.82) is 0 Å². The molecule has 0 spiro atoms. The lowest BCUT2D eigenvalue weighted by Gasteiger charge is -2.08. The van der Waals surface area contributed by atoms with Gasteiger partial charge in [0.05, 0.1) is 22.6 Å². The third-order valence-electron chi connectivity index (χ3n) is 3.47. The van der Waals surface area contributed by atoms with Crippen molar-refractivity contribution in [2.75, 3.05) is 5.32 Å². The van der Waals surface area contributed by atoms with Gasteiger partial charge in [0.25, 0.3) is 0 Å². The van der Waals surface area contributed by atoms with Gasteiger partial charge in [0.1, 0.15) is 0 Å². The summed E-state index contributed by atoms with van der Waals surface area (Å²) in [6, 6.07) is 15.2. The molecule has 3 heterocycles. The first-order valence-electron chi connectivity index (χ1n) is 7.08. The van der Waals surface area contributed by atoms with Crippen LogP contribution in [0.4, 0.5) is 11.5 Å². The van der Waals surface area contributed by atoms with Gasteiger partial charge in [0, 0.05) is 18.0 Å². The van der Waals surface area contributed by atoms with E-state index in [0.29, 0.717) is 10.8 Å². The highest BCUT2D eigenvalue weighted by Gasteiger charge is 2.08. The second-order valence-electron chi connectivity index (χ2n) is 4.97. The van der Waals surface area contributed by atoms with Crippen LogP contribution >= 0.6 is 11.6 Å². The van der Waals surface area contributed by atoms with Crippen molar-refractivity contribution >= 4 is 28.8 Å². The highest BCUT2D eigenvalue weighted by atomic mass is 35.5. The molecule has 3 aromatic heterocycles. The number of fused-ring (bicyclic) bond motifs is 1. The van der Waals surface area contributed by atoms with E-state index in [0.717, 1.165) is 22.6 Å². The Kier molecular flexibility index (Phi) is 3.40. The summed E-state index contributed by atoms with van der Waals surface area (Å²) >= 11 is 6.18. The molecule has 112 valence electrons. The fourth-order valence-electron chi connectivity index (χ4n) is 2.36. The van der Waals surface area contributed by atoms with Crippen LogP contribution < -0.4 is 5.32 Å². The van der Waals surface area contributed by atoms with Crippen molar-refractivity contribution in [2.45, 2.75) is 0 Å². The first-order valence-corrected chi connectivity index (χ1v) is 7.46. The van der Waals surface area contributed by atoms with Crippen LogP contribution in [0.15, 0.2) is 67.1 Å². The first-order chi connectivity index (χ1) is 11.3. The van der Waals surface area contributed by atoms with E-state index in [1.54, 1.807) is 23.1 Å². The minimum atomic E-state index is 0.648. The minimum Gasteiger partial charge on any atom is -0.338 e. The number of imidazole rings is 1. The summed E-state index contributed by atoms with van der Waals surface area (Å²) in [6.07, 6.45) is 5.30. The van der Waals surface area contributed by atoms with Crippen molar-refractivity contribution in [1.82, 2.24) is 19.6 Å². The average molecular weight is 322 g/mol. The van der Waals surface area contributed by atoms with Gasteiger partial charge >= 0.3 is 0 Å². The Bertz CT molecular complexity index is 965. The molecule has 1 aromatic carbocycles. The summed E-state index contributed by atoms with van der Waals surface area (Å²) < 4.78 is 1.80. The number of hydrogen-bond acceptors (Lipinski definition) is 4. The largest absolute Gasteiger partial charge is 0.338 e. The molecule has 0 unspecified atom stereocenters. The zero-order chi connectivity index (χ0) is 15.6. The molecular weight excluding hydrogens is 310 g/mol. The molecule has 0 saturated heterocycles. The highest BCUT2D eigenvalue weighted by molar-refractivity contribution is 6.33. The van der Waals surface area contributed by atoms with Crippen LogP contribution in [0.2, 0.25) is 5.02 Å². The Morgan fingerprint density at radius 1 is 0.957 bits per heavy atom. The molecule has 0 aliphatic rings. The van der Waals surface area contributed by atoms with Crippen LogP contribution in [-0.4, -0.2) is 19.6 Å². The quantitative estimate of drug-likeness (QED) is 0.614. The monoisotopic (exact) mass is 321 g/mol. The maximum atomic E-state index is 6.18. The predicted octanol–water partition coefficient (Wildman–Crippen LogP) is 4.19. The molecule has 0 aliphatic heterocycles. The number of nitrogens with zero attached hydrogens (tertiary/aromatic N) is 4. The maximum Gasteiger partial charge on any atom is 0.154 e. The van der Waals surface area contributed by atoms with Crippen molar-refractivity contribution in [2.24, 2.45) is 0 Å². The number of anilines is 2. The standard InChI is InChI=1S/C17H12ClN5/c18-13-3-1-2-4-14(13)21-16-5-6-17-20-11-15(23(17)22-16)12-7-9-19-10-8-12/h1-11H,(H,21,22). The second kappa shape index (κ2) is 5.70. The Morgan fingerprint density at radius 3 is 2.61 bits per heavy atom. The van der Waals surface area contributed by atoms with E-state index < -0.39 is 0 Å². The second-order valence-corrected chi connectivity index (χ2v) is 5.38. The van der Waals surface area contributed by atoms with E-state index >= 15 is 0 Å². The molecule has 1 N–H and O–H groups in total. The van der Waals surface area contributed by atoms with Gasteiger partial charge in [-0.25, -0.2) is 9.50 Å². The normalized spacial score (nSPS) is 10.8. The summed E-state index contributed by atoms with van der Waals surface area (Å²) in [5, 5.41) is 8.49. The summed E-state index contributed by atoms with van der Waals surface area (Å²) in [4.78, 5) is 8.43. The number of para-hydroxylation sites is 1. The summed E-state index contributed by atoms with van der Waals surface area (Å²) in [5.41, 5.74) is 3.51. The summed E-state index contributed by atoms with van der Waals surface area (Å²) in [7, 11) is 0. The summed E-state index contributed by atoms with van der Waals surface area (Å²) in [6.45, 7) is 0. The van der Waals surface area contributed by atoms with Crippen molar-refractivity contribution < 1.29 is 0 Å². The lowest BCUT2D eigenvalue weighted by molar-refractivity contribution is 0.948. The van der Waals surface area contributed by atoms with Crippen molar-refractivity contribution in [3.63, 3.8) is 0 Å². The maximum absolute atomic E-state index is 6.18. The number of benzene rings is 1. The average Bonchev–Trinajstić information content (AvgIpc) is 3.01. The molecule has 4 aromatic rings. The van der Waals surface area contributed by atoms with E-state index in [9.17, 15) is 0 Å². The van der Waals surface area contributed by atoms with Gasteiger partial charge in [-0.15, -0.1) is 5.10 Å². The lowest BCUT2D eigenvalue weighted by atomic mass is 10.2. The SMILES string of the molecule is Clc1ccccc1Nc1ccc2ncc(-c3ccncc3)n2n1. The van der Waals surface area contributed by atoms with Crippen LogP contribution in [0.25, 0.3) is 16.9 Å². The van der Waals surface area contributed by atoms with E-state index in [1.165, 1.54) is 0 Å².